The van der Waals surface area contributed by atoms with Crippen LogP contribution in [0.1, 0.15) is 30.0 Å². The lowest BCUT2D eigenvalue weighted by molar-refractivity contribution is 0.202. The van der Waals surface area contributed by atoms with E-state index in [4.69, 9.17) is 4.74 Å². The molecule has 0 amide bonds. The molecule has 0 saturated carbocycles. The van der Waals surface area contributed by atoms with E-state index in [-0.39, 0.29) is 0 Å². The average molecular weight is 285 g/mol. The molecule has 1 unspecified atom stereocenters. The monoisotopic (exact) mass is 285 g/mol. The number of nitrogens with one attached hydrogen (secondary N) is 1. The summed E-state index contributed by atoms with van der Waals surface area (Å²) < 4.78 is 7.48. The maximum Gasteiger partial charge on any atom is 0.0994 e. The highest BCUT2D eigenvalue weighted by molar-refractivity contribution is 5.43. The summed E-state index contributed by atoms with van der Waals surface area (Å²) >= 11 is 0. The number of benzene rings is 1. The summed E-state index contributed by atoms with van der Waals surface area (Å²) in [5.41, 5.74) is 3.85. The van der Waals surface area contributed by atoms with Crippen LogP contribution in [0.25, 0.3) is 5.69 Å². The third-order valence-electron chi connectivity index (χ3n) is 4.21. The molecule has 4 heteroatoms. The normalized spacial score (nSPS) is 18.8. The van der Waals surface area contributed by atoms with Crippen molar-refractivity contribution in [2.45, 2.75) is 25.2 Å². The summed E-state index contributed by atoms with van der Waals surface area (Å²) in [5.74, 6) is 0.553. The van der Waals surface area contributed by atoms with Gasteiger partial charge in [0.05, 0.1) is 18.6 Å². The highest BCUT2D eigenvalue weighted by atomic mass is 16.5. The summed E-state index contributed by atoms with van der Waals surface area (Å²) in [6, 6.07) is 8.53. The lowest BCUT2D eigenvalue weighted by atomic mass is 9.96. The molecule has 21 heavy (non-hydrogen) atoms. The Morgan fingerprint density at radius 1 is 1.38 bits per heavy atom. The van der Waals surface area contributed by atoms with E-state index in [1.165, 1.54) is 29.8 Å². The molecule has 1 fully saturated rings. The van der Waals surface area contributed by atoms with Crippen molar-refractivity contribution in [2.75, 3.05) is 26.8 Å². The quantitative estimate of drug-likeness (QED) is 0.917. The predicted molar refractivity (Wildman–Crippen MR) is 84.0 cm³/mol. The number of nitrogens with zero attached hydrogens (tertiary/aromatic N) is 2. The van der Waals surface area contributed by atoms with E-state index >= 15 is 0 Å². The van der Waals surface area contributed by atoms with Crippen molar-refractivity contribution in [3.05, 3.63) is 48.0 Å². The topological polar surface area (TPSA) is 39.1 Å². The predicted octanol–water partition coefficient (Wildman–Crippen LogP) is 2.53. The summed E-state index contributed by atoms with van der Waals surface area (Å²) in [5, 5.41) is 3.49. The molecule has 3 rings (SSSR count). The van der Waals surface area contributed by atoms with Gasteiger partial charge in [0.1, 0.15) is 0 Å². The number of para-hydroxylation sites is 1. The molecule has 1 aliphatic heterocycles. The maximum atomic E-state index is 5.23. The lowest BCUT2D eigenvalue weighted by Crippen LogP contribution is -2.29. The zero-order valence-corrected chi connectivity index (χ0v) is 12.6. The van der Waals surface area contributed by atoms with Crippen molar-refractivity contribution in [2.24, 2.45) is 0 Å². The van der Waals surface area contributed by atoms with Crippen LogP contribution in [-0.2, 0) is 11.2 Å². The molecule has 2 heterocycles. The number of piperidine rings is 1. The summed E-state index contributed by atoms with van der Waals surface area (Å²) in [7, 11) is 1.75. The van der Waals surface area contributed by atoms with Crippen LogP contribution in [-0.4, -0.2) is 36.4 Å². The Morgan fingerprint density at radius 2 is 2.29 bits per heavy atom. The van der Waals surface area contributed by atoms with Crippen LogP contribution in [0.3, 0.4) is 0 Å². The lowest BCUT2D eigenvalue weighted by Gasteiger charge is -2.24. The second-order valence-electron chi connectivity index (χ2n) is 5.60. The summed E-state index contributed by atoms with van der Waals surface area (Å²) in [6.45, 7) is 2.92. The van der Waals surface area contributed by atoms with Gasteiger partial charge in [-0.25, -0.2) is 4.98 Å². The van der Waals surface area contributed by atoms with E-state index in [9.17, 15) is 0 Å². The molecular formula is C17H23N3O. The van der Waals surface area contributed by atoms with Crippen molar-refractivity contribution < 1.29 is 4.74 Å². The van der Waals surface area contributed by atoms with Gasteiger partial charge in [0.15, 0.2) is 0 Å². The number of ether oxygens (including phenoxy) is 1. The zero-order valence-electron chi connectivity index (χ0n) is 12.6. The molecular weight excluding hydrogens is 262 g/mol. The molecule has 0 bridgehead atoms. The van der Waals surface area contributed by atoms with E-state index in [1.807, 2.05) is 12.5 Å². The van der Waals surface area contributed by atoms with Crippen LogP contribution in [0, 0.1) is 0 Å². The molecule has 112 valence electrons. The molecule has 1 aromatic heterocycles. The molecule has 1 aromatic carbocycles. The van der Waals surface area contributed by atoms with Gasteiger partial charge < -0.3 is 14.6 Å². The Kier molecular flexibility index (Phi) is 4.68. The highest BCUT2D eigenvalue weighted by Gasteiger charge is 2.20. The van der Waals surface area contributed by atoms with Crippen LogP contribution < -0.4 is 5.32 Å². The number of imidazole rings is 1. The Balaban J connectivity index is 1.92. The van der Waals surface area contributed by atoms with Gasteiger partial charge in [0.2, 0.25) is 0 Å². The third-order valence-corrected chi connectivity index (χ3v) is 4.21. The van der Waals surface area contributed by atoms with Crippen molar-refractivity contribution in [3.8, 4) is 5.69 Å². The zero-order chi connectivity index (χ0) is 14.5. The Morgan fingerprint density at radius 3 is 3.10 bits per heavy atom. The number of hydrogen-bond donors (Lipinski definition) is 1. The maximum absolute atomic E-state index is 5.23. The van der Waals surface area contributed by atoms with Crippen molar-refractivity contribution >= 4 is 0 Å². The molecule has 2 aromatic rings. The van der Waals surface area contributed by atoms with Gasteiger partial charge in [-0.1, -0.05) is 18.2 Å². The molecule has 1 aliphatic rings. The van der Waals surface area contributed by atoms with Crippen LogP contribution in [0.15, 0.2) is 36.8 Å². The van der Waals surface area contributed by atoms with E-state index in [0.717, 1.165) is 26.1 Å². The standard InChI is InChI=1S/C17H23N3O/c1-21-10-8-14-5-2-3-7-16(14)20-13-19-12-17(20)15-6-4-9-18-11-15/h2-3,5,7,12-13,15,18H,4,6,8-11H2,1H3. The smallest absolute Gasteiger partial charge is 0.0994 e. The fourth-order valence-electron chi connectivity index (χ4n) is 3.08. The van der Waals surface area contributed by atoms with E-state index < -0.39 is 0 Å². The third kappa shape index (κ3) is 3.17. The average Bonchev–Trinajstić information content (AvgIpc) is 3.03. The molecule has 0 spiro atoms. The van der Waals surface area contributed by atoms with Crippen molar-refractivity contribution in [1.29, 1.82) is 0 Å². The SMILES string of the molecule is COCCc1ccccc1-n1cncc1C1CCCNC1. The van der Waals surface area contributed by atoms with Gasteiger partial charge in [0.25, 0.3) is 0 Å². The largest absolute Gasteiger partial charge is 0.384 e. The first-order valence-corrected chi connectivity index (χ1v) is 7.70. The van der Waals surface area contributed by atoms with Gasteiger partial charge in [-0.3, -0.25) is 0 Å². The van der Waals surface area contributed by atoms with E-state index in [1.54, 1.807) is 7.11 Å². The molecule has 1 atom stereocenters. The minimum atomic E-state index is 0.553. The number of hydrogen-bond acceptors (Lipinski definition) is 3. The van der Waals surface area contributed by atoms with Gasteiger partial charge >= 0.3 is 0 Å². The first-order valence-electron chi connectivity index (χ1n) is 7.70. The fraction of sp³-hybridized carbons (Fsp3) is 0.471. The molecule has 1 saturated heterocycles. The van der Waals surface area contributed by atoms with Gasteiger partial charge in [-0.05, 0) is 37.4 Å². The van der Waals surface area contributed by atoms with Crippen LogP contribution in [0.2, 0.25) is 0 Å². The number of aromatic nitrogens is 2. The highest BCUT2D eigenvalue weighted by Crippen LogP contribution is 2.26. The van der Waals surface area contributed by atoms with Crippen LogP contribution in [0.5, 0.6) is 0 Å². The fourth-order valence-corrected chi connectivity index (χ4v) is 3.08. The number of methoxy groups -OCH3 is 1. The van der Waals surface area contributed by atoms with E-state index in [0.29, 0.717) is 5.92 Å². The number of rotatable bonds is 5. The van der Waals surface area contributed by atoms with Crippen LogP contribution in [0.4, 0.5) is 0 Å². The van der Waals surface area contributed by atoms with E-state index in [2.05, 4.69) is 39.1 Å². The summed E-state index contributed by atoms with van der Waals surface area (Å²) in [4.78, 5) is 4.40. The van der Waals surface area contributed by atoms with Gasteiger partial charge in [-0.2, -0.15) is 0 Å². The molecule has 0 radical (unpaired) electrons. The van der Waals surface area contributed by atoms with Crippen LogP contribution >= 0.6 is 0 Å². The summed E-state index contributed by atoms with van der Waals surface area (Å²) in [6.07, 6.45) is 7.35. The van der Waals surface area contributed by atoms with Crippen molar-refractivity contribution in [3.63, 3.8) is 0 Å². The molecule has 1 N–H and O–H groups in total. The first-order chi connectivity index (χ1) is 10.4. The molecule has 0 aliphatic carbocycles. The minimum Gasteiger partial charge on any atom is -0.384 e. The Labute approximate surface area is 126 Å². The Bertz CT molecular complexity index is 573. The van der Waals surface area contributed by atoms with Gasteiger partial charge in [0, 0.05) is 31.5 Å². The minimum absolute atomic E-state index is 0.553. The second-order valence-corrected chi connectivity index (χ2v) is 5.60. The van der Waals surface area contributed by atoms with Gasteiger partial charge in [-0.15, -0.1) is 0 Å². The Hall–Kier alpha value is -1.65. The molecule has 4 nitrogen and oxygen atoms in total. The first kappa shape index (κ1) is 14.3. The van der Waals surface area contributed by atoms with Crippen molar-refractivity contribution in [1.82, 2.24) is 14.9 Å². The second kappa shape index (κ2) is 6.87.